The van der Waals surface area contributed by atoms with Crippen LogP contribution in [0.3, 0.4) is 0 Å². The molecule has 0 atom stereocenters. The number of nitrogens with one attached hydrogen (secondary N) is 1. The molecular weight excluding hydrogens is 605 g/mol. The molecule has 0 aliphatic carbocycles. The van der Waals surface area contributed by atoms with Gasteiger partial charge < -0.3 is 19.5 Å². The lowest BCUT2D eigenvalue weighted by Crippen LogP contribution is -2.41. The van der Waals surface area contributed by atoms with Gasteiger partial charge >= 0.3 is 19.1 Å². The van der Waals surface area contributed by atoms with E-state index in [1.807, 2.05) is 0 Å². The number of hydrogen-bond donors (Lipinski definition) is 1. The number of ether oxygens (including phenoxy) is 3. The molecule has 1 N–H and O–H groups in total. The maximum atomic E-state index is 13.1. The zero-order valence-corrected chi connectivity index (χ0v) is 22.6. The summed E-state index contributed by atoms with van der Waals surface area (Å²) in [6, 6.07) is 24.1. The Morgan fingerprint density at radius 3 is 1.43 bits per heavy atom. The second-order valence-electron chi connectivity index (χ2n) is 9.69. The predicted octanol–water partition coefficient (Wildman–Crippen LogP) is 8.70. The highest BCUT2D eigenvalue weighted by molar-refractivity contribution is 5.47. The zero-order valence-electron chi connectivity index (χ0n) is 22.6. The van der Waals surface area contributed by atoms with Gasteiger partial charge in [0.2, 0.25) is 0 Å². The summed E-state index contributed by atoms with van der Waals surface area (Å²) in [5, 5.41) is 3.17. The number of alkyl halides is 9. The Morgan fingerprint density at radius 2 is 0.955 bits per heavy atom. The Morgan fingerprint density at radius 1 is 0.477 bits per heavy atom. The summed E-state index contributed by atoms with van der Waals surface area (Å²) in [5.41, 5.74) is 0.530. The summed E-state index contributed by atoms with van der Waals surface area (Å²) in [4.78, 5) is 0. The molecule has 13 heteroatoms. The van der Waals surface area contributed by atoms with Gasteiger partial charge in [-0.25, -0.2) is 0 Å². The molecule has 0 radical (unpaired) electrons. The Balaban J connectivity index is 1.77. The van der Waals surface area contributed by atoms with Crippen molar-refractivity contribution in [3.63, 3.8) is 0 Å². The SMILES string of the molecule is FC(F)(F)Oc1ccc(CNCC(Cc2ccccc2)(c2cccc(OC(F)(F)F)c2)c2cccc(OC(F)(F)F)c2)cc1. The van der Waals surface area contributed by atoms with Crippen LogP contribution in [0.5, 0.6) is 17.2 Å². The smallest absolute Gasteiger partial charge is 0.406 e. The molecule has 234 valence electrons. The van der Waals surface area contributed by atoms with Crippen molar-refractivity contribution in [2.75, 3.05) is 6.54 Å². The molecule has 4 aromatic carbocycles. The fourth-order valence-electron chi connectivity index (χ4n) is 4.79. The first-order valence-electron chi connectivity index (χ1n) is 12.9. The first kappa shape index (κ1) is 32.5. The van der Waals surface area contributed by atoms with Gasteiger partial charge in [0.25, 0.3) is 0 Å². The second-order valence-corrected chi connectivity index (χ2v) is 9.69. The molecule has 0 saturated heterocycles. The van der Waals surface area contributed by atoms with Gasteiger partial charge in [-0.1, -0.05) is 66.7 Å². The van der Waals surface area contributed by atoms with Crippen LogP contribution in [0.2, 0.25) is 0 Å². The van der Waals surface area contributed by atoms with E-state index in [2.05, 4.69) is 19.5 Å². The van der Waals surface area contributed by atoms with Crippen LogP contribution in [0.1, 0.15) is 22.3 Å². The summed E-state index contributed by atoms with van der Waals surface area (Å²) >= 11 is 0. The Kier molecular flexibility index (Phi) is 9.67. The lowest BCUT2D eigenvalue weighted by atomic mass is 9.70. The van der Waals surface area contributed by atoms with Crippen LogP contribution in [0.25, 0.3) is 0 Å². The van der Waals surface area contributed by atoms with Gasteiger partial charge in [0.15, 0.2) is 0 Å². The van der Waals surface area contributed by atoms with Gasteiger partial charge in [-0.15, -0.1) is 39.5 Å². The molecule has 0 amide bonds. The van der Waals surface area contributed by atoms with E-state index in [1.54, 1.807) is 30.3 Å². The van der Waals surface area contributed by atoms with Crippen molar-refractivity contribution in [3.8, 4) is 17.2 Å². The predicted molar refractivity (Wildman–Crippen MR) is 142 cm³/mol. The highest BCUT2D eigenvalue weighted by atomic mass is 19.4. The van der Waals surface area contributed by atoms with Gasteiger partial charge in [0.05, 0.1) is 0 Å². The van der Waals surface area contributed by atoms with Crippen LogP contribution in [0.4, 0.5) is 39.5 Å². The fraction of sp³-hybridized carbons (Fsp3) is 0.226. The van der Waals surface area contributed by atoms with E-state index in [0.29, 0.717) is 11.1 Å². The second kappa shape index (κ2) is 13.1. The lowest BCUT2D eigenvalue weighted by molar-refractivity contribution is -0.275. The van der Waals surface area contributed by atoms with Gasteiger partial charge in [-0.2, -0.15) is 0 Å². The highest BCUT2D eigenvalue weighted by Crippen LogP contribution is 2.40. The molecule has 0 saturated carbocycles. The van der Waals surface area contributed by atoms with E-state index in [1.165, 1.54) is 48.5 Å². The third-order valence-electron chi connectivity index (χ3n) is 6.50. The Labute approximate surface area is 246 Å². The van der Waals surface area contributed by atoms with Gasteiger partial charge in [-0.3, -0.25) is 0 Å². The topological polar surface area (TPSA) is 39.7 Å². The average molecular weight is 630 g/mol. The molecule has 0 bridgehead atoms. The molecular formula is C31H24F9NO3. The molecule has 44 heavy (non-hydrogen) atoms. The third kappa shape index (κ3) is 9.56. The Hall–Kier alpha value is -4.39. The minimum Gasteiger partial charge on any atom is -0.406 e. The molecule has 4 rings (SSSR count). The molecule has 4 nitrogen and oxygen atoms in total. The number of benzene rings is 4. The van der Waals surface area contributed by atoms with Crippen LogP contribution < -0.4 is 19.5 Å². The first-order chi connectivity index (χ1) is 20.6. The molecule has 0 heterocycles. The molecule has 0 aromatic heterocycles. The van der Waals surface area contributed by atoms with E-state index in [4.69, 9.17) is 0 Å². The first-order valence-corrected chi connectivity index (χ1v) is 12.9. The van der Waals surface area contributed by atoms with Crippen molar-refractivity contribution in [3.05, 3.63) is 125 Å². The van der Waals surface area contributed by atoms with Crippen molar-refractivity contribution in [1.82, 2.24) is 5.32 Å². The third-order valence-corrected chi connectivity index (χ3v) is 6.50. The van der Waals surface area contributed by atoms with E-state index < -0.39 is 41.8 Å². The summed E-state index contributed by atoms with van der Waals surface area (Å²) in [5.74, 6) is -1.49. The lowest BCUT2D eigenvalue weighted by Gasteiger charge is -2.36. The number of rotatable bonds is 11. The standard InChI is InChI=1S/C31H24F9NO3/c32-29(33,34)42-25-14-12-22(13-15-25)19-41-20-28(18-21-6-2-1-3-7-21,23-8-4-10-26(16-23)43-30(35,36)37)24-9-5-11-27(17-24)44-31(38,39)40/h1-17,41H,18-20H2. The monoisotopic (exact) mass is 629 g/mol. The molecule has 0 aliphatic rings. The van der Waals surface area contributed by atoms with Crippen LogP contribution >= 0.6 is 0 Å². The molecule has 0 aliphatic heterocycles. The van der Waals surface area contributed by atoms with Crippen LogP contribution in [0, 0.1) is 0 Å². The summed E-state index contributed by atoms with van der Waals surface area (Å²) < 4.78 is 129. The minimum atomic E-state index is -5.00. The van der Waals surface area contributed by atoms with E-state index in [0.717, 1.165) is 24.3 Å². The fourth-order valence-corrected chi connectivity index (χ4v) is 4.79. The summed E-state index contributed by atoms with van der Waals surface area (Å²) in [7, 11) is 0. The minimum absolute atomic E-state index is 0.0341. The van der Waals surface area contributed by atoms with Crippen molar-refractivity contribution in [1.29, 1.82) is 0 Å². The Bertz CT molecular complexity index is 1440. The normalized spacial score (nSPS) is 12.6. The van der Waals surface area contributed by atoms with Crippen molar-refractivity contribution >= 4 is 0 Å². The van der Waals surface area contributed by atoms with Crippen molar-refractivity contribution < 1.29 is 53.7 Å². The zero-order chi connectivity index (χ0) is 32.0. The number of hydrogen-bond acceptors (Lipinski definition) is 4. The molecule has 0 fully saturated rings. The van der Waals surface area contributed by atoms with Crippen molar-refractivity contribution in [2.24, 2.45) is 0 Å². The molecule has 4 aromatic rings. The van der Waals surface area contributed by atoms with Crippen molar-refractivity contribution in [2.45, 2.75) is 37.5 Å². The van der Waals surface area contributed by atoms with Gasteiger partial charge in [-0.05, 0) is 65.1 Å². The van der Waals surface area contributed by atoms with Gasteiger partial charge in [0, 0.05) is 18.5 Å². The summed E-state index contributed by atoms with van der Waals surface area (Å²) in [6.45, 7) is 0.0496. The van der Waals surface area contributed by atoms with E-state index in [-0.39, 0.29) is 30.6 Å². The van der Waals surface area contributed by atoms with Crippen LogP contribution in [0.15, 0.2) is 103 Å². The van der Waals surface area contributed by atoms with Crippen LogP contribution in [-0.4, -0.2) is 25.6 Å². The largest absolute Gasteiger partial charge is 0.573 e. The van der Waals surface area contributed by atoms with Crippen LogP contribution in [-0.2, 0) is 18.4 Å². The van der Waals surface area contributed by atoms with Gasteiger partial charge in [0.1, 0.15) is 17.2 Å². The average Bonchev–Trinajstić information content (AvgIpc) is 2.92. The highest BCUT2D eigenvalue weighted by Gasteiger charge is 2.38. The maximum absolute atomic E-state index is 13.1. The maximum Gasteiger partial charge on any atom is 0.573 e. The van der Waals surface area contributed by atoms with E-state index in [9.17, 15) is 39.5 Å². The number of halogens is 9. The summed E-state index contributed by atoms with van der Waals surface area (Å²) in [6.07, 6.45) is -14.8. The molecule has 0 spiro atoms. The quantitative estimate of drug-likeness (QED) is 0.169. The van der Waals surface area contributed by atoms with E-state index >= 15 is 0 Å². The molecule has 0 unspecified atom stereocenters.